The van der Waals surface area contributed by atoms with Crippen LogP contribution in [-0.4, -0.2) is 63.6 Å². The zero-order chi connectivity index (χ0) is 28.2. The van der Waals surface area contributed by atoms with Crippen LogP contribution in [0, 0.1) is 6.92 Å². The monoisotopic (exact) mass is 565 g/mol. The lowest BCUT2D eigenvalue weighted by molar-refractivity contribution is -0.129. The van der Waals surface area contributed by atoms with Crippen LogP contribution in [0.15, 0.2) is 35.1 Å². The van der Waals surface area contributed by atoms with Gasteiger partial charge in [0.15, 0.2) is 0 Å². The number of nitrogens with two attached hydrogens (primary N) is 1. The number of benzene rings is 1. The summed E-state index contributed by atoms with van der Waals surface area (Å²) in [7, 11) is 0. The van der Waals surface area contributed by atoms with Crippen molar-refractivity contribution in [1.29, 1.82) is 0 Å². The number of ether oxygens (including phenoxy) is 1. The minimum absolute atomic E-state index is 0.195. The van der Waals surface area contributed by atoms with Gasteiger partial charge in [0.1, 0.15) is 17.4 Å². The number of primary amides is 1. The van der Waals surface area contributed by atoms with Crippen LogP contribution < -0.4 is 26.0 Å². The Labute approximate surface area is 234 Å². The summed E-state index contributed by atoms with van der Waals surface area (Å²) < 4.78 is 6.06. The number of carbonyl (C=O) groups excluding carboxylic acids is 3. The molecule has 0 unspecified atom stereocenters. The predicted molar refractivity (Wildman–Crippen MR) is 147 cm³/mol. The Morgan fingerprint density at radius 2 is 1.95 bits per heavy atom. The number of likely N-dealkylation sites (tertiary alicyclic amines) is 1. The first-order valence-electron chi connectivity index (χ1n) is 13.2. The lowest BCUT2D eigenvalue weighted by Crippen LogP contribution is -2.43. The average Bonchev–Trinajstić information content (AvgIpc) is 3.56. The molecule has 5 N–H and O–H groups in total. The van der Waals surface area contributed by atoms with E-state index in [1.165, 1.54) is 16.2 Å². The maximum Gasteiger partial charge on any atom is 0.322 e. The maximum absolute atomic E-state index is 13.1. The SMILES string of the molecule is Cc1cc(COc2ccc(C(=O)N[C@@H]3CN(C(=O)CNC(N)=O)C[C@@H]3c3n[nH]c(=O)s3)cc2)c2c(n1)CCCC2. The second-order valence-electron chi connectivity index (χ2n) is 10.0. The van der Waals surface area contributed by atoms with Crippen LogP contribution >= 0.6 is 11.3 Å². The largest absolute Gasteiger partial charge is 0.489 e. The molecule has 12 nitrogen and oxygen atoms in total. The van der Waals surface area contributed by atoms with E-state index in [0.29, 0.717) is 22.9 Å². The number of H-pyrrole nitrogens is 1. The van der Waals surface area contributed by atoms with Crippen molar-refractivity contribution in [1.82, 2.24) is 30.7 Å². The number of nitrogens with zero attached hydrogens (tertiary/aromatic N) is 3. The van der Waals surface area contributed by atoms with Gasteiger partial charge in [0, 0.05) is 30.0 Å². The zero-order valence-corrected chi connectivity index (χ0v) is 22.9. The molecule has 40 heavy (non-hydrogen) atoms. The first kappa shape index (κ1) is 27.3. The van der Waals surface area contributed by atoms with E-state index in [4.69, 9.17) is 15.5 Å². The van der Waals surface area contributed by atoms with Gasteiger partial charge >= 0.3 is 10.9 Å². The number of urea groups is 1. The average molecular weight is 566 g/mol. The lowest BCUT2D eigenvalue weighted by Gasteiger charge is -2.20. The first-order valence-corrected chi connectivity index (χ1v) is 14.0. The van der Waals surface area contributed by atoms with Crippen molar-refractivity contribution in [2.45, 2.75) is 51.2 Å². The second-order valence-corrected chi connectivity index (χ2v) is 11.0. The molecular formula is C27H31N7O5S. The van der Waals surface area contributed by atoms with Gasteiger partial charge in [-0.05, 0) is 74.1 Å². The summed E-state index contributed by atoms with van der Waals surface area (Å²) in [6.45, 7) is 2.60. The predicted octanol–water partition coefficient (Wildman–Crippen LogP) is 1.39. The molecule has 3 aromatic rings. The second kappa shape index (κ2) is 11.9. The molecule has 2 aromatic heterocycles. The topological polar surface area (TPSA) is 172 Å². The quantitative estimate of drug-likeness (QED) is 0.319. The van der Waals surface area contributed by atoms with E-state index in [1.54, 1.807) is 24.3 Å². The molecule has 2 atom stereocenters. The summed E-state index contributed by atoms with van der Waals surface area (Å²) in [5.41, 5.74) is 10.1. The number of carbonyl (C=O) groups is 3. The minimum atomic E-state index is -0.804. The Morgan fingerprint density at radius 1 is 1.18 bits per heavy atom. The first-order chi connectivity index (χ1) is 19.3. The van der Waals surface area contributed by atoms with Gasteiger partial charge in [0.25, 0.3) is 5.91 Å². The van der Waals surface area contributed by atoms with Crippen molar-refractivity contribution in [2.75, 3.05) is 19.6 Å². The van der Waals surface area contributed by atoms with Gasteiger partial charge in [-0.1, -0.05) is 11.3 Å². The smallest absolute Gasteiger partial charge is 0.322 e. The number of aromatic amines is 1. The molecule has 1 aliphatic carbocycles. The van der Waals surface area contributed by atoms with E-state index in [-0.39, 0.29) is 42.2 Å². The molecule has 3 heterocycles. The Balaban J connectivity index is 1.23. The summed E-state index contributed by atoms with van der Waals surface area (Å²) in [4.78, 5) is 54.3. The lowest BCUT2D eigenvalue weighted by atomic mass is 9.92. The molecule has 1 aliphatic heterocycles. The number of pyridine rings is 1. The highest BCUT2D eigenvalue weighted by molar-refractivity contribution is 7.08. The van der Waals surface area contributed by atoms with Gasteiger partial charge in [-0.2, -0.15) is 5.10 Å². The third-order valence-electron chi connectivity index (χ3n) is 7.21. The molecule has 5 rings (SSSR count). The molecule has 0 bridgehead atoms. The van der Waals surface area contributed by atoms with Crippen LogP contribution in [0.5, 0.6) is 5.75 Å². The Morgan fingerprint density at radius 3 is 2.67 bits per heavy atom. The minimum Gasteiger partial charge on any atom is -0.489 e. The van der Waals surface area contributed by atoms with Crippen LogP contribution in [0.4, 0.5) is 4.79 Å². The van der Waals surface area contributed by atoms with Gasteiger partial charge in [-0.25, -0.2) is 9.89 Å². The van der Waals surface area contributed by atoms with Gasteiger partial charge in [-0.15, -0.1) is 0 Å². The summed E-state index contributed by atoms with van der Waals surface area (Å²) >= 11 is 0.937. The fourth-order valence-corrected chi connectivity index (χ4v) is 6.03. The number of amides is 4. The van der Waals surface area contributed by atoms with Crippen molar-refractivity contribution in [3.05, 3.63) is 73.1 Å². The molecule has 0 saturated carbocycles. The molecule has 1 saturated heterocycles. The standard InChI is InChI=1S/C27H31N7O5S/c1-15-10-17(19-4-2-3-5-21(19)30-15)14-39-18-8-6-16(7-9-18)24(36)31-22-13-34(23(35)11-29-26(28)37)12-20(22)25-32-33-27(38)40-25/h6-10,20,22H,2-5,11-14H2,1H3,(H,31,36)(H,33,38)(H3,28,29,37)/t20-,22+/m0/s1. The molecule has 0 radical (unpaired) electrons. The van der Waals surface area contributed by atoms with Crippen LogP contribution in [0.25, 0.3) is 0 Å². The van der Waals surface area contributed by atoms with Crippen molar-refractivity contribution < 1.29 is 19.1 Å². The van der Waals surface area contributed by atoms with Gasteiger partial charge < -0.3 is 26.0 Å². The molecule has 4 amide bonds. The van der Waals surface area contributed by atoms with Crippen LogP contribution in [0.1, 0.15) is 56.6 Å². The van der Waals surface area contributed by atoms with Crippen molar-refractivity contribution in [3.63, 3.8) is 0 Å². The fourth-order valence-electron chi connectivity index (χ4n) is 5.27. The summed E-state index contributed by atoms with van der Waals surface area (Å²) in [5.74, 6) is -0.416. The molecule has 1 aromatic carbocycles. The summed E-state index contributed by atoms with van der Waals surface area (Å²) in [5, 5.41) is 12.2. The Kier molecular flexibility index (Phi) is 8.10. The van der Waals surface area contributed by atoms with Crippen LogP contribution in [0.2, 0.25) is 0 Å². The van der Waals surface area contributed by atoms with Crippen LogP contribution in [0.3, 0.4) is 0 Å². The van der Waals surface area contributed by atoms with E-state index in [2.05, 4.69) is 26.9 Å². The Hall–Kier alpha value is -4.26. The van der Waals surface area contributed by atoms with Gasteiger partial charge in [0.05, 0.1) is 18.5 Å². The number of hydrogen-bond acceptors (Lipinski definition) is 8. The molecule has 1 fully saturated rings. The number of nitrogens with one attached hydrogen (secondary N) is 3. The number of hydrogen-bond donors (Lipinski definition) is 4. The maximum atomic E-state index is 13.1. The van der Waals surface area contributed by atoms with Crippen molar-refractivity contribution >= 4 is 29.2 Å². The molecular weight excluding hydrogens is 534 g/mol. The number of aromatic nitrogens is 3. The Bertz CT molecular complexity index is 1470. The molecule has 210 valence electrons. The van der Waals surface area contributed by atoms with E-state index in [1.807, 2.05) is 6.92 Å². The normalized spacial score (nSPS) is 18.2. The molecule has 13 heteroatoms. The highest BCUT2D eigenvalue weighted by Gasteiger charge is 2.39. The third-order valence-corrected chi connectivity index (χ3v) is 8.09. The third kappa shape index (κ3) is 6.30. The van der Waals surface area contributed by atoms with E-state index in [0.717, 1.165) is 48.3 Å². The molecule has 2 aliphatic rings. The zero-order valence-electron chi connectivity index (χ0n) is 22.1. The number of aryl methyl sites for hydroxylation is 2. The van der Waals surface area contributed by atoms with Gasteiger partial charge in [-0.3, -0.25) is 19.4 Å². The van der Waals surface area contributed by atoms with E-state index < -0.39 is 12.1 Å². The number of rotatable bonds is 8. The summed E-state index contributed by atoms with van der Waals surface area (Å²) in [6.07, 6.45) is 4.34. The van der Waals surface area contributed by atoms with Gasteiger partial charge in [0.2, 0.25) is 5.91 Å². The van der Waals surface area contributed by atoms with Crippen molar-refractivity contribution in [3.8, 4) is 5.75 Å². The van der Waals surface area contributed by atoms with E-state index >= 15 is 0 Å². The summed E-state index contributed by atoms with van der Waals surface area (Å²) in [6, 6.07) is 7.68. The van der Waals surface area contributed by atoms with Crippen LogP contribution in [-0.2, 0) is 24.2 Å². The fraction of sp³-hybridized carbons (Fsp3) is 0.407. The van der Waals surface area contributed by atoms with E-state index in [9.17, 15) is 19.2 Å². The highest BCUT2D eigenvalue weighted by atomic mass is 32.1. The molecule has 0 spiro atoms. The van der Waals surface area contributed by atoms with Crippen molar-refractivity contribution in [2.24, 2.45) is 5.73 Å². The number of fused-ring (bicyclic) bond motifs is 1. The highest BCUT2D eigenvalue weighted by Crippen LogP contribution is 2.29.